The molecular weight excluding hydrogens is 364 g/mol. The number of benzene rings is 2. The maximum absolute atomic E-state index is 12.7. The molecule has 0 aliphatic rings. The molecule has 2 N–H and O–H groups in total. The minimum atomic E-state index is -0.294. The summed E-state index contributed by atoms with van der Waals surface area (Å²) in [4.78, 5) is 21.5. The van der Waals surface area contributed by atoms with Gasteiger partial charge in [0.15, 0.2) is 0 Å². The topological polar surface area (TPSA) is 76.1 Å². The first-order chi connectivity index (χ1) is 13.9. The Balaban J connectivity index is 1.86. The van der Waals surface area contributed by atoms with Crippen LogP contribution in [-0.4, -0.2) is 23.0 Å². The van der Waals surface area contributed by atoms with E-state index >= 15 is 0 Å². The summed E-state index contributed by atoms with van der Waals surface area (Å²) in [6.07, 6.45) is 0. The average molecular weight is 390 g/mol. The number of ether oxygens (including phenoxy) is 1. The number of anilines is 3. The Bertz CT molecular complexity index is 1010. The number of hydrogen-bond donors (Lipinski definition) is 2. The Kier molecular flexibility index (Phi) is 6.12. The highest BCUT2D eigenvalue weighted by atomic mass is 16.5. The number of amides is 1. The van der Waals surface area contributed by atoms with Gasteiger partial charge in [0.2, 0.25) is 0 Å². The zero-order valence-corrected chi connectivity index (χ0v) is 17.4. The van der Waals surface area contributed by atoms with Crippen molar-refractivity contribution in [3.63, 3.8) is 0 Å². The molecule has 2 aromatic carbocycles. The van der Waals surface area contributed by atoms with Crippen LogP contribution in [-0.2, 0) is 0 Å². The minimum absolute atomic E-state index is 0.294. The highest BCUT2D eigenvalue weighted by Gasteiger charge is 2.14. The Morgan fingerprint density at radius 1 is 1.03 bits per heavy atom. The quantitative estimate of drug-likeness (QED) is 0.603. The molecule has 0 unspecified atom stereocenters. The maximum atomic E-state index is 12.7. The molecule has 0 saturated heterocycles. The number of para-hydroxylation sites is 1. The van der Waals surface area contributed by atoms with Crippen LogP contribution in [0, 0.1) is 13.8 Å². The molecule has 0 fully saturated rings. The first-order valence-electron chi connectivity index (χ1n) is 9.55. The van der Waals surface area contributed by atoms with Gasteiger partial charge in [-0.25, -0.2) is 9.97 Å². The zero-order chi connectivity index (χ0) is 21.0. The van der Waals surface area contributed by atoms with Crippen LogP contribution in [0.25, 0.3) is 0 Å². The second-order valence-corrected chi connectivity index (χ2v) is 7.19. The molecule has 3 aromatic rings. The van der Waals surface area contributed by atoms with Crippen LogP contribution >= 0.6 is 0 Å². The molecule has 6 nitrogen and oxygen atoms in total. The summed E-state index contributed by atoms with van der Waals surface area (Å²) in [6, 6.07) is 15.0. The van der Waals surface area contributed by atoms with E-state index in [1.165, 1.54) is 5.56 Å². The van der Waals surface area contributed by atoms with Gasteiger partial charge in [-0.2, -0.15) is 0 Å². The molecule has 150 valence electrons. The molecule has 1 aromatic heterocycles. The third kappa shape index (κ3) is 4.90. The first kappa shape index (κ1) is 20.3. The van der Waals surface area contributed by atoms with Crippen LogP contribution in [0.2, 0.25) is 0 Å². The van der Waals surface area contributed by atoms with Crippen LogP contribution in [0.5, 0.6) is 5.75 Å². The van der Waals surface area contributed by atoms with Crippen LogP contribution in [0.3, 0.4) is 0 Å². The van der Waals surface area contributed by atoms with E-state index < -0.39 is 0 Å². The van der Waals surface area contributed by atoms with E-state index in [0.717, 1.165) is 17.0 Å². The van der Waals surface area contributed by atoms with Gasteiger partial charge in [-0.05, 0) is 55.2 Å². The van der Waals surface area contributed by atoms with Crippen molar-refractivity contribution in [3.8, 4) is 5.75 Å². The predicted octanol–water partition coefficient (Wildman–Crippen LogP) is 5.22. The molecule has 0 aliphatic carbocycles. The maximum Gasteiger partial charge on any atom is 0.274 e. The van der Waals surface area contributed by atoms with Crippen molar-refractivity contribution in [1.82, 2.24) is 9.97 Å². The molecule has 0 saturated carbocycles. The molecular formula is C23H26N4O2. The average Bonchev–Trinajstić information content (AvgIpc) is 2.69. The number of methoxy groups -OCH3 is 1. The molecule has 1 heterocycles. The minimum Gasteiger partial charge on any atom is -0.497 e. The fourth-order valence-electron chi connectivity index (χ4n) is 3.09. The Hall–Kier alpha value is -3.41. The number of aromatic nitrogens is 2. The van der Waals surface area contributed by atoms with E-state index in [1.54, 1.807) is 44.4 Å². The van der Waals surface area contributed by atoms with Gasteiger partial charge >= 0.3 is 0 Å². The third-order valence-electron chi connectivity index (χ3n) is 4.60. The van der Waals surface area contributed by atoms with Crippen molar-refractivity contribution >= 4 is 23.1 Å². The van der Waals surface area contributed by atoms with Gasteiger partial charge in [0.25, 0.3) is 5.91 Å². The van der Waals surface area contributed by atoms with Gasteiger partial charge in [0, 0.05) is 17.4 Å². The second-order valence-electron chi connectivity index (χ2n) is 7.19. The summed E-state index contributed by atoms with van der Waals surface area (Å²) in [7, 11) is 1.60. The van der Waals surface area contributed by atoms with Gasteiger partial charge in [-0.3, -0.25) is 4.79 Å². The lowest BCUT2D eigenvalue weighted by Gasteiger charge is -2.17. The number of rotatable bonds is 6. The van der Waals surface area contributed by atoms with Gasteiger partial charge < -0.3 is 15.4 Å². The smallest absolute Gasteiger partial charge is 0.274 e. The number of nitrogens with one attached hydrogen (secondary N) is 2. The predicted molar refractivity (Wildman–Crippen MR) is 116 cm³/mol. The Morgan fingerprint density at radius 3 is 2.41 bits per heavy atom. The van der Waals surface area contributed by atoms with Crippen molar-refractivity contribution in [3.05, 3.63) is 71.2 Å². The third-order valence-corrected chi connectivity index (χ3v) is 4.60. The number of carbonyl (C=O) groups excluding carboxylic acids is 1. The number of carbonyl (C=O) groups is 1. The van der Waals surface area contributed by atoms with Crippen LogP contribution < -0.4 is 15.4 Å². The Labute approximate surface area is 171 Å². The summed E-state index contributed by atoms with van der Waals surface area (Å²) in [6.45, 7) is 8.13. The molecule has 0 aliphatic heterocycles. The van der Waals surface area contributed by atoms with E-state index in [-0.39, 0.29) is 5.91 Å². The molecule has 0 radical (unpaired) electrons. The first-order valence-corrected chi connectivity index (χ1v) is 9.55. The van der Waals surface area contributed by atoms with E-state index in [4.69, 9.17) is 4.74 Å². The Morgan fingerprint density at radius 2 is 1.76 bits per heavy atom. The molecule has 0 spiro atoms. The van der Waals surface area contributed by atoms with E-state index in [1.807, 2.05) is 0 Å². The fraction of sp³-hybridized carbons (Fsp3) is 0.261. The molecule has 6 heteroatoms. The highest BCUT2D eigenvalue weighted by molar-refractivity contribution is 6.03. The van der Waals surface area contributed by atoms with Gasteiger partial charge in [-0.1, -0.05) is 32.0 Å². The lowest BCUT2D eigenvalue weighted by Crippen LogP contribution is -2.15. The van der Waals surface area contributed by atoms with Crippen molar-refractivity contribution in [2.24, 2.45) is 0 Å². The summed E-state index contributed by atoms with van der Waals surface area (Å²) in [5, 5.41) is 6.25. The van der Waals surface area contributed by atoms with Crippen molar-refractivity contribution in [2.75, 3.05) is 17.7 Å². The summed E-state index contributed by atoms with van der Waals surface area (Å²) < 4.78 is 5.14. The number of nitrogens with zero attached hydrogens (tertiary/aromatic N) is 2. The zero-order valence-electron chi connectivity index (χ0n) is 17.4. The summed E-state index contributed by atoms with van der Waals surface area (Å²) in [5.74, 6) is 1.91. The molecule has 29 heavy (non-hydrogen) atoms. The molecule has 3 rings (SSSR count). The standard InChI is InChI=1S/C23H26N4O2/c1-14(2)19-8-6-7-15(3)22(19)27-21-13-20(24-16(4)25-21)23(28)26-17-9-11-18(29-5)12-10-17/h6-14H,1-5H3,(H,26,28)(H,24,25,27). The number of aryl methyl sites for hydroxylation is 2. The van der Waals surface area contributed by atoms with Crippen molar-refractivity contribution < 1.29 is 9.53 Å². The fourth-order valence-corrected chi connectivity index (χ4v) is 3.09. The van der Waals surface area contributed by atoms with Gasteiger partial charge in [-0.15, -0.1) is 0 Å². The van der Waals surface area contributed by atoms with Crippen LogP contribution in [0.1, 0.15) is 47.2 Å². The lowest BCUT2D eigenvalue weighted by molar-refractivity contribution is 0.102. The SMILES string of the molecule is COc1ccc(NC(=O)c2cc(Nc3c(C)cccc3C(C)C)nc(C)n2)cc1. The summed E-state index contributed by atoms with van der Waals surface area (Å²) in [5.41, 5.74) is 4.31. The normalized spacial score (nSPS) is 10.7. The van der Waals surface area contributed by atoms with Crippen molar-refractivity contribution in [2.45, 2.75) is 33.6 Å². The number of hydrogen-bond acceptors (Lipinski definition) is 5. The molecule has 0 bridgehead atoms. The monoisotopic (exact) mass is 390 g/mol. The van der Waals surface area contributed by atoms with Gasteiger partial charge in [0.1, 0.15) is 23.1 Å². The molecule has 1 amide bonds. The van der Waals surface area contributed by atoms with Crippen LogP contribution in [0.4, 0.5) is 17.2 Å². The van der Waals surface area contributed by atoms with Gasteiger partial charge in [0.05, 0.1) is 7.11 Å². The van der Waals surface area contributed by atoms with Crippen molar-refractivity contribution in [1.29, 1.82) is 0 Å². The van der Waals surface area contributed by atoms with Crippen LogP contribution in [0.15, 0.2) is 48.5 Å². The van der Waals surface area contributed by atoms with E-state index in [0.29, 0.717) is 28.9 Å². The highest BCUT2D eigenvalue weighted by Crippen LogP contribution is 2.30. The van der Waals surface area contributed by atoms with E-state index in [9.17, 15) is 4.79 Å². The largest absolute Gasteiger partial charge is 0.497 e. The lowest BCUT2D eigenvalue weighted by atomic mass is 9.98. The summed E-state index contributed by atoms with van der Waals surface area (Å²) >= 11 is 0. The molecule has 0 atom stereocenters. The second kappa shape index (κ2) is 8.73. The van der Waals surface area contributed by atoms with E-state index in [2.05, 4.69) is 59.6 Å².